The van der Waals surface area contributed by atoms with Crippen LogP contribution in [0, 0.1) is 17.8 Å². The van der Waals surface area contributed by atoms with E-state index in [-0.39, 0.29) is 11.6 Å². The van der Waals surface area contributed by atoms with Gasteiger partial charge in [-0.1, -0.05) is 67.2 Å². The number of carboxylic acids is 1. The lowest BCUT2D eigenvalue weighted by Crippen LogP contribution is -2.62. The van der Waals surface area contributed by atoms with E-state index >= 15 is 0 Å². The molecule has 4 aliphatic carbocycles. The summed E-state index contributed by atoms with van der Waals surface area (Å²) in [7, 11) is 0. The first-order valence-electron chi connectivity index (χ1n) is 15.6. The average Bonchev–Trinajstić information content (AvgIpc) is 2.96. The van der Waals surface area contributed by atoms with E-state index in [4.69, 9.17) is 0 Å². The number of nitrogens with one attached hydrogen (secondary N) is 1. The van der Waals surface area contributed by atoms with Crippen molar-refractivity contribution in [2.24, 2.45) is 17.8 Å². The van der Waals surface area contributed by atoms with Crippen LogP contribution in [0.5, 0.6) is 0 Å². The summed E-state index contributed by atoms with van der Waals surface area (Å²) < 4.78 is 0. The highest BCUT2D eigenvalue weighted by Crippen LogP contribution is 2.55. The molecule has 2 N–H and O–H groups in total. The van der Waals surface area contributed by atoms with E-state index in [1.807, 2.05) is 54.3 Å². The third kappa shape index (κ3) is 6.54. The quantitative estimate of drug-likeness (QED) is 0.238. The van der Waals surface area contributed by atoms with Crippen molar-refractivity contribution in [3.63, 3.8) is 0 Å². The Morgan fingerprint density at radius 3 is 2.19 bits per heavy atom. The Balaban J connectivity index is 1.19. The SMILES string of the molecule is CCC(C(=O)O)c1ccc(Sc2cccc(N(CCCc3ccccc3)C(=O)NC34CC5CC(CC(C5)C3)C4)c2)cc1. The molecule has 6 heteroatoms. The third-order valence-electron chi connectivity index (χ3n) is 9.70. The number of anilines is 1. The summed E-state index contributed by atoms with van der Waals surface area (Å²) in [6.07, 6.45) is 9.84. The molecule has 0 aromatic heterocycles. The van der Waals surface area contributed by atoms with Crippen LogP contribution in [0.1, 0.15) is 75.3 Å². The number of nitrogens with zero attached hydrogens (tertiary/aromatic N) is 1. The van der Waals surface area contributed by atoms with Gasteiger partial charge in [0, 0.05) is 27.6 Å². The molecule has 1 unspecified atom stereocenters. The van der Waals surface area contributed by atoms with Crippen LogP contribution in [0.3, 0.4) is 0 Å². The number of rotatable bonds is 11. The van der Waals surface area contributed by atoms with Crippen molar-refractivity contribution in [1.29, 1.82) is 0 Å². The maximum Gasteiger partial charge on any atom is 0.322 e. The normalized spacial score (nSPS) is 24.7. The van der Waals surface area contributed by atoms with Gasteiger partial charge in [-0.25, -0.2) is 4.79 Å². The fourth-order valence-electron chi connectivity index (χ4n) is 8.16. The van der Waals surface area contributed by atoms with Gasteiger partial charge in [0.2, 0.25) is 0 Å². The molecule has 0 saturated heterocycles. The van der Waals surface area contributed by atoms with E-state index in [1.54, 1.807) is 11.8 Å². The molecule has 4 aliphatic rings. The minimum atomic E-state index is -0.787. The van der Waals surface area contributed by atoms with Gasteiger partial charge in [-0.15, -0.1) is 0 Å². The monoisotopic (exact) mass is 582 g/mol. The molecule has 4 bridgehead atoms. The van der Waals surface area contributed by atoms with E-state index < -0.39 is 11.9 Å². The second kappa shape index (κ2) is 12.5. The molecule has 0 spiro atoms. The van der Waals surface area contributed by atoms with Crippen molar-refractivity contribution >= 4 is 29.4 Å². The molecule has 5 nitrogen and oxygen atoms in total. The molecule has 0 heterocycles. The molecular formula is C36H42N2O3S. The highest BCUT2D eigenvalue weighted by Gasteiger charge is 2.51. The molecule has 220 valence electrons. The first-order chi connectivity index (χ1) is 20.4. The summed E-state index contributed by atoms with van der Waals surface area (Å²) in [5.74, 6) is 1.06. The van der Waals surface area contributed by atoms with Crippen LogP contribution >= 0.6 is 11.8 Å². The Morgan fingerprint density at radius 1 is 0.905 bits per heavy atom. The predicted octanol–water partition coefficient (Wildman–Crippen LogP) is 8.53. The fourth-order valence-corrected chi connectivity index (χ4v) is 9.03. The molecule has 0 aliphatic heterocycles. The van der Waals surface area contributed by atoms with Crippen LogP contribution < -0.4 is 10.2 Å². The van der Waals surface area contributed by atoms with Crippen molar-refractivity contribution in [1.82, 2.24) is 5.32 Å². The lowest BCUT2D eigenvalue weighted by molar-refractivity contribution is -0.138. The van der Waals surface area contributed by atoms with Crippen molar-refractivity contribution < 1.29 is 14.7 Å². The van der Waals surface area contributed by atoms with Gasteiger partial charge in [-0.3, -0.25) is 9.69 Å². The lowest BCUT2D eigenvalue weighted by Gasteiger charge is -2.57. The average molecular weight is 583 g/mol. The number of urea groups is 1. The number of carbonyl (C=O) groups excluding carboxylic acids is 1. The molecule has 2 amide bonds. The number of hydrogen-bond donors (Lipinski definition) is 2. The van der Waals surface area contributed by atoms with Gasteiger partial charge in [-0.05, 0) is 117 Å². The van der Waals surface area contributed by atoms with Crippen LogP contribution in [0.25, 0.3) is 0 Å². The molecule has 1 atom stereocenters. The maximum atomic E-state index is 14.1. The number of aryl methyl sites for hydroxylation is 1. The smallest absolute Gasteiger partial charge is 0.322 e. The first kappa shape index (κ1) is 28.9. The minimum absolute atomic E-state index is 0.0378. The van der Waals surface area contributed by atoms with Crippen molar-refractivity contribution in [2.45, 2.75) is 86.0 Å². The minimum Gasteiger partial charge on any atom is -0.481 e. The topological polar surface area (TPSA) is 69.6 Å². The third-order valence-corrected chi connectivity index (χ3v) is 10.7. The van der Waals surface area contributed by atoms with Gasteiger partial charge in [-0.2, -0.15) is 0 Å². The Kier molecular flexibility index (Phi) is 8.62. The molecule has 7 rings (SSSR count). The summed E-state index contributed by atoms with van der Waals surface area (Å²) in [4.78, 5) is 29.7. The molecular weight excluding hydrogens is 540 g/mol. The summed E-state index contributed by atoms with van der Waals surface area (Å²) in [6, 6.07) is 26.6. The van der Waals surface area contributed by atoms with Crippen molar-refractivity contribution in [3.8, 4) is 0 Å². The number of carbonyl (C=O) groups is 2. The number of hydrogen-bond acceptors (Lipinski definition) is 3. The Labute approximate surface area is 254 Å². The number of aliphatic carboxylic acids is 1. The molecule has 3 aromatic carbocycles. The number of benzene rings is 3. The Bertz CT molecular complexity index is 1350. The van der Waals surface area contributed by atoms with E-state index in [0.717, 1.165) is 70.9 Å². The van der Waals surface area contributed by atoms with Crippen LogP contribution in [0.15, 0.2) is 88.7 Å². The van der Waals surface area contributed by atoms with Crippen molar-refractivity contribution in [2.75, 3.05) is 11.4 Å². The van der Waals surface area contributed by atoms with Crippen LogP contribution in [0.2, 0.25) is 0 Å². The van der Waals surface area contributed by atoms with Gasteiger partial charge < -0.3 is 10.4 Å². The van der Waals surface area contributed by atoms with Gasteiger partial charge in [0.25, 0.3) is 0 Å². The zero-order valence-corrected chi connectivity index (χ0v) is 25.3. The van der Waals surface area contributed by atoms with E-state index in [0.29, 0.717) is 13.0 Å². The van der Waals surface area contributed by atoms with Gasteiger partial charge >= 0.3 is 12.0 Å². The standard InChI is InChI=1S/C36H42N2O3S/c1-2-33(34(39)40)29-13-15-31(16-14-29)42-32-12-6-11-30(21-32)38(17-7-10-25-8-4-3-5-9-25)35(41)37-36-22-26-18-27(23-36)20-28(19-26)24-36/h3-6,8-9,11-16,21,26-28,33H,2,7,10,17-20,22-24H2,1H3,(H,37,41)(H,39,40). The first-order valence-corrected chi connectivity index (χ1v) is 16.5. The maximum absolute atomic E-state index is 14.1. The van der Waals surface area contributed by atoms with Crippen LogP contribution in [-0.4, -0.2) is 29.2 Å². The highest BCUT2D eigenvalue weighted by molar-refractivity contribution is 7.99. The summed E-state index contributed by atoms with van der Waals surface area (Å²) in [5.41, 5.74) is 3.00. The largest absolute Gasteiger partial charge is 0.481 e. The summed E-state index contributed by atoms with van der Waals surface area (Å²) in [6.45, 7) is 2.56. The Hall–Kier alpha value is -3.25. The fraction of sp³-hybridized carbons (Fsp3) is 0.444. The summed E-state index contributed by atoms with van der Waals surface area (Å²) in [5, 5.41) is 13.1. The Morgan fingerprint density at radius 2 is 1.57 bits per heavy atom. The van der Waals surface area contributed by atoms with E-state index in [2.05, 4.69) is 41.7 Å². The van der Waals surface area contributed by atoms with Crippen LogP contribution in [0.4, 0.5) is 10.5 Å². The van der Waals surface area contributed by atoms with E-state index in [9.17, 15) is 14.7 Å². The highest BCUT2D eigenvalue weighted by atomic mass is 32.2. The zero-order valence-electron chi connectivity index (χ0n) is 24.5. The molecule has 4 saturated carbocycles. The number of amides is 2. The molecule has 42 heavy (non-hydrogen) atoms. The molecule has 0 radical (unpaired) electrons. The molecule has 3 aromatic rings. The predicted molar refractivity (Wildman–Crippen MR) is 169 cm³/mol. The number of carboxylic acid groups (broad SMARTS) is 1. The second-order valence-electron chi connectivity index (χ2n) is 12.8. The summed E-state index contributed by atoms with van der Waals surface area (Å²) >= 11 is 1.64. The van der Waals surface area contributed by atoms with Crippen LogP contribution in [-0.2, 0) is 11.2 Å². The lowest BCUT2D eigenvalue weighted by atomic mass is 9.53. The van der Waals surface area contributed by atoms with Gasteiger partial charge in [0.1, 0.15) is 0 Å². The van der Waals surface area contributed by atoms with Crippen molar-refractivity contribution in [3.05, 3.63) is 90.0 Å². The molecule has 4 fully saturated rings. The zero-order chi connectivity index (χ0) is 29.1. The van der Waals surface area contributed by atoms with Gasteiger partial charge in [0.05, 0.1) is 5.92 Å². The van der Waals surface area contributed by atoms with Gasteiger partial charge in [0.15, 0.2) is 0 Å². The second-order valence-corrected chi connectivity index (χ2v) is 14.0. The van der Waals surface area contributed by atoms with E-state index in [1.165, 1.54) is 24.8 Å².